The summed E-state index contributed by atoms with van der Waals surface area (Å²) < 4.78 is 5.05. The molecule has 8 heteroatoms. The van der Waals surface area contributed by atoms with E-state index in [4.69, 9.17) is 4.74 Å². The van der Waals surface area contributed by atoms with Crippen molar-refractivity contribution in [3.8, 4) is 0 Å². The van der Waals surface area contributed by atoms with Crippen molar-refractivity contribution >= 4 is 23.8 Å². The second kappa shape index (κ2) is 8.86. The van der Waals surface area contributed by atoms with E-state index in [0.717, 1.165) is 12.8 Å². The number of carbonyl (C=O) groups excluding carboxylic acids is 4. The number of hydrogen-bond acceptors (Lipinski definition) is 5. The smallest absolute Gasteiger partial charge is 0.317 e. The fourth-order valence-corrected chi connectivity index (χ4v) is 3.60. The van der Waals surface area contributed by atoms with E-state index >= 15 is 0 Å². The molecule has 3 rings (SSSR count). The monoisotopic (exact) mass is 387 g/mol. The predicted octanol–water partition coefficient (Wildman–Crippen LogP) is 1.66. The quantitative estimate of drug-likeness (QED) is 0.455. The van der Waals surface area contributed by atoms with Gasteiger partial charge in [0.05, 0.1) is 23.7 Å². The zero-order valence-electron chi connectivity index (χ0n) is 16.0. The van der Waals surface area contributed by atoms with Crippen LogP contribution in [0.3, 0.4) is 0 Å². The number of imide groups is 1. The van der Waals surface area contributed by atoms with Gasteiger partial charge in [0.2, 0.25) is 0 Å². The number of fused-ring (bicyclic) bond motifs is 1. The molecule has 28 heavy (non-hydrogen) atoms. The van der Waals surface area contributed by atoms with Crippen molar-refractivity contribution in [1.29, 1.82) is 0 Å². The topological polar surface area (TPSA) is 96.0 Å². The van der Waals surface area contributed by atoms with E-state index in [2.05, 4.69) is 5.32 Å². The molecule has 150 valence electrons. The van der Waals surface area contributed by atoms with E-state index in [0.29, 0.717) is 43.8 Å². The first-order valence-corrected chi connectivity index (χ1v) is 9.67. The first kappa shape index (κ1) is 19.9. The van der Waals surface area contributed by atoms with Crippen molar-refractivity contribution in [3.05, 3.63) is 35.4 Å². The number of rotatable bonds is 6. The lowest BCUT2D eigenvalue weighted by atomic mass is 9.98. The minimum atomic E-state index is -0.291. The molecule has 4 amide bonds. The summed E-state index contributed by atoms with van der Waals surface area (Å²) in [7, 11) is 0. The SMILES string of the molecule is CCOC(=O)C1CCCN(C(=O)NCCCN2C(=O)c3ccccc3C2=O)C1. The predicted molar refractivity (Wildman–Crippen MR) is 101 cm³/mol. The summed E-state index contributed by atoms with van der Waals surface area (Å²) in [5.41, 5.74) is 0.852. The van der Waals surface area contributed by atoms with Crippen molar-refractivity contribution in [2.45, 2.75) is 26.2 Å². The molecule has 1 aromatic carbocycles. The van der Waals surface area contributed by atoms with Crippen molar-refractivity contribution in [3.63, 3.8) is 0 Å². The van der Waals surface area contributed by atoms with Crippen LogP contribution in [0.1, 0.15) is 46.9 Å². The molecule has 1 N–H and O–H groups in total. The third-order valence-corrected chi connectivity index (χ3v) is 5.04. The minimum Gasteiger partial charge on any atom is -0.466 e. The molecule has 2 aliphatic rings. The maximum Gasteiger partial charge on any atom is 0.317 e. The lowest BCUT2D eigenvalue weighted by molar-refractivity contribution is -0.149. The molecule has 1 aromatic rings. The Morgan fingerprint density at radius 2 is 1.86 bits per heavy atom. The highest BCUT2D eigenvalue weighted by Crippen LogP contribution is 2.22. The van der Waals surface area contributed by atoms with Crippen LogP contribution in [-0.4, -0.2) is 66.4 Å². The van der Waals surface area contributed by atoms with Crippen LogP contribution in [0.15, 0.2) is 24.3 Å². The lowest BCUT2D eigenvalue weighted by Gasteiger charge is -2.31. The molecule has 2 aliphatic heterocycles. The van der Waals surface area contributed by atoms with Gasteiger partial charge in [0.15, 0.2) is 0 Å². The Kier molecular flexibility index (Phi) is 6.28. The van der Waals surface area contributed by atoms with Gasteiger partial charge in [-0.2, -0.15) is 0 Å². The average molecular weight is 387 g/mol. The number of amides is 4. The number of nitrogens with one attached hydrogen (secondary N) is 1. The van der Waals surface area contributed by atoms with Crippen molar-refractivity contribution in [1.82, 2.24) is 15.1 Å². The van der Waals surface area contributed by atoms with E-state index in [1.54, 1.807) is 36.1 Å². The molecule has 0 saturated carbocycles. The van der Waals surface area contributed by atoms with E-state index in [1.807, 2.05) is 0 Å². The highest BCUT2D eigenvalue weighted by Gasteiger charge is 2.34. The number of hydrogen-bond donors (Lipinski definition) is 1. The first-order valence-electron chi connectivity index (χ1n) is 9.67. The molecule has 1 fully saturated rings. The van der Waals surface area contributed by atoms with Gasteiger partial charge in [-0.25, -0.2) is 4.79 Å². The number of ether oxygens (including phenoxy) is 1. The molecular formula is C20H25N3O5. The van der Waals surface area contributed by atoms with Gasteiger partial charge >= 0.3 is 12.0 Å². The summed E-state index contributed by atoms with van der Waals surface area (Å²) in [6.45, 7) is 3.63. The van der Waals surface area contributed by atoms with E-state index in [9.17, 15) is 19.2 Å². The Hall–Kier alpha value is -2.90. The summed E-state index contributed by atoms with van der Waals surface area (Å²) >= 11 is 0. The summed E-state index contributed by atoms with van der Waals surface area (Å²) in [5.74, 6) is -1.12. The third kappa shape index (κ3) is 4.16. The molecule has 1 unspecified atom stereocenters. The van der Waals surface area contributed by atoms with Crippen LogP contribution >= 0.6 is 0 Å². The maximum atomic E-state index is 12.3. The van der Waals surface area contributed by atoms with Gasteiger partial charge in [-0.1, -0.05) is 12.1 Å². The average Bonchev–Trinajstić information content (AvgIpc) is 2.96. The fraction of sp³-hybridized carbons (Fsp3) is 0.500. The number of urea groups is 1. The second-order valence-corrected chi connectivity index (χ2v) is 6.93. The van der Waals surface area contributed by atoms with Crippen LogP contribution in [0, 0.1) is 5.92 Å². The molecular weight excluding hydrogens is 362 g/mol. The minimum absolute atomic E-state index is 0.239. The van der Waals surface area contributed by atoms with E-state index in [-0.39, 0.29) is 36.3 Å². The van der Waals surface area contributed by atoms with Gasteiger partial charge in [-0.15, -0.1) is 0 Å². The Morgan fingerprint density at radius 1 is 1.18 bits per heavy atom. The molecule has 0 aliphatic carbocycles. The van der Waals surface area contributed by atoms with Gasteiger partial charge in [-0.05, 0) is 38.3 Å². The van der Waals surface area contributed by atoms with Crippen LogP contribution < -0.4 is 5.32 Å². The normalized spacial score (nSPS) is 18.8. The van der Waals surface area contributed by atoms with Crippen molar-refractivity contribution in [2.75, 3.05) is 32.8 Å². The summed E-state index contributed by atoms with van der Waals surface area (Å²) in [5, 5.41) is 2.80. The maximum absolute atomic E-state index is 12.3. The molecule has 2 heterocycles. The number of piperidine rings is 1. The third-order valence-electron chi connectivity index (χ3n) is 5.04. The molecule has 1 saturated heterocycles. The standard InChI is InChI=1S/C20H25N3O5/c1-2-28-19(26)14-7-5-11-22(13-14)20(27)21-10-6-12-23-17(24)15-8-3-4-9-16(15)18(23)25/h3-4,8-9,14H,2,5-7,10-13H2,1H3,(H,21,27). The van der Waals surface area contributed by atoms with Gasteiger partial charge < -0.3 is 15.0 Å². The zero-order valence-corrected chi connectivity index (χ0v) is 16.0. The largest absolute Gasteiger partial charge is 0.466 e. The number of carbonyl (C=O) groups is 4. The summed E-state index contributed by atoms with van der Waals surface area (Å²) in [6.07, 6.45) is 1.95. The summed E-state index contributed by atoms with van der Waals surface area (Å²) in [6, 6.07) is 6.52. The van der Waals surface area contributed by atoms with Crippen LogP contribution in [0.4, 0.5) is 4.79 Å². The van der Waals surface area contributed by atoms with Crippen LogP contribution in [0.2, 0.25) is 0 Å². The number of benzene rings is 1. The van der Waals surface area contributed by atoms with Crippen LogP contribution in [-0.2, 0) is 9.53 Å². The fourth-order valence-electron chi connectivity index (χ4n) is 3.60. The van der Waals surface area contributed by atoms with Gasteiger partial charge in [-0.3, -0.25) is 19.3 Å². The second-order valence-electron chi connectivity index (χ2n) is 6.93. The molecule has 8 nitrogen and oxygen atoms in total. The molecule has 0 radical (unpaired) electrons. The molecule has 0 bridgehead atoms. The Labute approximate surface area is 163 Å². The van der Waals surface area contributed by atoms with Gasteiger partial charge in [0, 0.05) is 26.2 Å². The summed E-state index contributed by atoms with van der Waals surface area (Å²) in [4.78, 5) is 51.7. The van der Waals surface area contributed by atoms with E-state index < -0.39 is 0 Å². The highest BCUT2D eigenvalue weighted by molar-refractivity contribution is 6.21. The lowest BCUT2D eigenvalue weighted by Crippen LogP contribution is -2.47. The highest BCUT2D eigenvalue weighted by atomic mass is 16.5. The van der Waals surface area contributed by atoms with Crippen molar-refractivity contribution in [2.24, 2.45) is 5.92 Å². The molecule has 0 aromatic heterocycles. The molecule has 0 spiro atoms. The van der Waals surface area contributed by atoms with Gasteiger partial charge in [0.25, 0.3) is 11.8 Å². The molecule has 1 atom stereocenters. The van der Waals surface area contributed by atoms with Crippen LogP contribution in [0.5, 0.6) is 0 Å². The van der Waals surface area contributed by atoms with E-state index in [1.165, 1.54) is 4.90 Å². The Balaban J connectivity index is 1.43. The Bertz CT molecular complexity index is 744. The number of esters is 1. The van der Waals surface area contributed by atoms with Crippen molar-refractivity contribution < 1.29 is 23.9 Å². The number of likely N-dealkylation sites (tertiary alicyclic amines) is 1. The van der Waals surface area contributed by atoms with Gasteiger partial charge in [0.1, 0.15) is 0 Å². The van der Waals surface area contributed by atoms with Crippen LogP contribution in [0.25, 0.3) is 0 Å². The first-order chi connectivity index (χ1) is 13.5. The number of nitrogens with zero attached hydrogens (tertiary/aromatic N) is 2. The zero-order chi connectivity index (χ0) is 20.1. The Morgan fingerprint density at radius 3 is 2.50 bits per heavy atom.